The first kappa shape index (κ1) is 33.4. The van der Waals surface area contributed by atoms with E-state index in [0.29, 0.717) is 43.3 Å². The van der Waals surface area contributed by atoms with Gasteiger partial charge in [-0.2, -0.15) is 4.80 Å². The van der Waals surface area contributed by atoms with Crippen LogP contribution in [0.3, 0.4) is 0 Å². The quantitative estimate of drug-likeness (QED) is 0.168. The van der Waals surface area contributed by atoms with Crippen LogP contribution < -0.4 is 15.0 Å². The Bertz CT molecular complexity index is 1510. The predicted molar refractivity (Wildman–Crippen MR) is 152 cm³/mol. The first-order chi connectivity index (χ1) is 20.5. The van der Waals surface area contributed by atoms with Gasteiger partial charge in [0.25, 0.3) is 5.91 Å². The van der Waals surface area contributed by atoms with Gasteiger partial charge < -0.3 is 14.4 Å². The van der Waals surface area contributed by atoms with Gasteiger partial charge in [-0.05, 0) is 85.3 Å². The average molecular weight is 661 g/mol. The molecule has 2 aromatic carbocycles. The lowest BCUT2D eigenvalue weighted by atomic mass is 9.94. The van der Waals surface area contributed by atoms with Crippen molar-refractivity contribution in [2.24, 2.45) is 5.92 Å². The van der Waals surface area contributed by atoms with Crippen LogP contribution in [0.15, 0.2) is 53.4 Å². The largest absolute Gasteiger partial charge is 0.573 e. The monoisotopic (exact) mass is 660 g/mol. The molecule has 2 fully saturated rings. The fourth-order valence-electron chi connectivity index (χ4n) is 5.08. The van der Waals surface area contributed by atoms with Crippen LogP contribution in [0.25, 0.3) is 11.4 Å². The minimum Gasteiger partial charge on any atom is -0.494 e. The van der Waals surface area contributed by atoms with Crippen molar-refractivity contribution in [3.05, 3.63) is 48.5 Å². The normalized spacial score (nSPS) is 17.0. The lowest BCUT2D eigenvalue weighted by Crippen LogP contribution is -2.57. The Kier molecular flexibility index (Phi) is 10.4. The molecule has 0 radical (unpaired) electrons. The maximum absolute atomic E-state index is 13.7. The van der Waals surface area contributed by atoms with Crippen molar-refractivity contribution in [1.82, 2.24) is 30.6 Å². The van der Waals surface area contributed by atoms with E-state index < -0.39 is 26.9 Å². The number of nitrogens with one attached hydrogen (secondary N) is 1. The summed E-state index contributed by atoms with van der Waals surface area (Å²) in [6, 6.07) is 10.9. The number of likely N-dealkylation sites (tertiary alicyclic amines) is 1. The Hall–Kier alpha value is -3.47. The molecular weight excluding hydrogens is 629 g/mol. The Morgan fingerprint density at radius 1 is 1.05 bits per heavy atom. The van der Waals surface area contributed by atoms with Crippen LogP contribution in [0.1, 0.15) is 32.1 Å². The van der Waals surface area contributed by atoms with Crippen LogP contribution >= 0.6 is 12.4 Å². The van der Waals surface area contributed by atoms with Gasteiger partial charge in [0.15, 0.2) is 14.6 Å². The van der Waals surface area contributed by atoms with Gasteiger partial charge in [-0.3, -0.25) is 10.0 Å². The van der Waals surface area contributed by atoms with Crippen molar-refractivity contribution in [1.29, 1.82) is 0 Å². The zero-order chi connectivity index (χ0) is 30.7. The van der Waals surface area contributed by atoms with E-state index >= 15 is 0 Å². The lowest BCUT2D eigenvalue weighted by Gasteiger charge is -2.39. The summed E-state index contributed by atoms with van der Waals surface area (Å²) in [6.07, 6.45) is -1.78. The van der Waals surface area contributed by atoms with Crippen molar-refractivity contribution in [3.8, 4) is 22.9 Å². The smallest absolute Gasteiger partial charge is 0.494 e. The SMILES string of the molecule is Cl.O=C(NO)C1(S(=O)(=O)c2ccc(OCCCn3nnc(-c4ccc(OC(F)(F)F)cc4)n3)cc2)CCN(CC2CC2)CC1. The molecular formula is C27H32ClF3N6O6S. The highest BCUT2D eigenvalue weighted by Gasteiger charge is 2.53. The molecule has 1 saturated heterocycles. The third-order valence-corrected chi connectivity index (χ3v) is 10.1. The summed E-state index contributed by atoms with van der Waals surface area (Å²) >= 11 is 0. The molecule has 0 unspecified atom stereocenters. The number of rotatable bonds is 12. The molecule has 2 aliphatic rings. The Balaban J connectivity index is 0.00000442. The number of aromatic nitrogens is 4. The first-order valence-electron chi connectivity index (χ1n) is 13.8. The number of benzene rings is 2. The number of tetrazole rings is 1. The molecule has 44 heavy (non-hydrogen) atoms. The van der Waals surface area contributed by atoms with E-state index in [2.05, 4.69) is 25.0 Å². The molecule has 2 heterocycles. The van der Waals surface area contributed by atoms with Crippen LogP contribution in [-0.4, -0.2) is 82.0 Å². The van der Waals surface area contributed by atoms with Gasteiger partial charge >= 0.3 is 6.36 Å². The van der Waals surface area contributed by atoms with Crippen molar-refractivity contribution in [2.75, 3.05) is 26.2 Å². The third kappa shape index (κ3) is 7.78. The highest BCUT2D eigenvalue weighted by atomic mass is 35.5. The Morgan fingerprint density at radius 2 is 1.68 bits per heavy atom. The lowest BCUT2D eigenvalue weighted by molar-refractivity contribution is -0.274. The summed E-state index contributed by atoms with van der Waals surface area (Å²) in [5, 5.41) is 21.5. The minimum absolute atomic E-state index is 0. The van der Waals surface area contributed by atoms with E-state index in [4.69, 9.17) is 4.74 Å². The number of sulfone groups is 1. The maximum atomic E-state index is 13.7. The van der Waals surface area contributed by atoms with Crippen LogP contribution in [0.4, 0.5) is 13.2 Å². The number of amides is 1. The number of carbonyl (C=O) groups is 1. The van der Waals surface area contributed by atoms with E-state index in [9.17, 15) is 31.6 Å². The van der Waals surface area contributed by atoms with Crippen LogP contribution in [0.2, 0.25) is 0 Å². The summed E-state index contributed by atoms with van der Waals surface area (Å²) in [4.78, 5) is 16.2. The second kappa shape index (κ2) is 13.7. The maximum Gasteiger partial charge on any atom is 0.573 e. The number of alkyl halides is 3. The van der Waals surface area contributed by atoms with E-state index in [0.717, 1.165) is 18.7 Å². The highest BCUT2D eigenvalue weighted by Crippen LogP contribution is 2.38. The van der Waals surface area contributed by atoms with E-state index in [1.807, 2.05) is 0 Å². The summed E-state index contributed by atoms with van der Waals surface area (Å²) in [5.74, 6) is 0.0246. The minimum atomic E-state index is -4.78. The molecule has 2 N–H and O–H groups in total. The molecule has 17 heteroatoms. The first-order valence-corrected chi connectivity index (χ1v) is 15.3. The molecule has 0 bridgehead atoms. The number of halogens is 4. The second-order valence-corrected chi connectivity index (χ2v) is 12.9. The van der Waals surface area contributed by atoms with Crippen molar-refractivity contribution in [3.63, 3.8) is 0 Å². The molecule has 1 saturated carbocycles. The van der Waals surface area contributed by atoms with Gasteiger partial charge in [-0.15, -0.1) is 35.8 Å². The van der Waals surface area contributed by atoms with E-state index in [-0.39, 0.29) is 48.3 Å². The summed E-state index contributed by atoms with van der Waals surface area (Å²) < 4.78 is 72.1. The summed E-state index contributed by atoms with van der Waals surface area (Å²) in [7, 11) is -4.12. The second-order valence-electron chi connectivity index (χ2n) is 10.6. The van der Waals surface area contributed by atoms with E-state index in [1.165, 1.54) is 54.0 Å². The molecule has 1 aliphatic carbocycles. The van der Waals surface area contributed by atoms with E-state index in [1.54, 1.807) is 5.48 Å². The van der Waals surface area contributed by atoms with Gasteiger partial charge in [-0.25, -0.2) is 13.9 Å². The van der Waals surface area contributed by atoms with Gasteiger partial charge in [-0.1, -0.05) is 0 Å². The molecule has 240 valence electrons. The highest BCUT2D eigenvalue weighted by molar-refractivity contribution is 7.93. The molecule has 1 amide bonds. The summed E-state index contributed by atoms with van der Waals surface area (Å²) in [6.45, 7) is 2.39. The van der Waals surface area contributed by atoms with Gasteiger partial charge in [0.05, 0.1) is 18.0 Å². The van der Waals surface area contributed by atoms with Crippen LogP contribution in [0, 0.1) is 5.92 Å². The van der Waals surface area contributed by atoms with Crippen molar-refractivity contribution < 1.29 is 41.1 Å². The van der Waals surface area contributed by atoms with Gasteiger partial charge in [0.1, 0.15) is 11.5 Å². The van der Waals surface area contributed by atoms with Crippen LogP contribution in [-0.2, 0) is 21.2 Å². The van der Waals surface area contributed by atoms with Gasteiger partial charge in [0.2, 0.25) is 5.82 Å². The molecule has 1 aliphatic heterocycles. The fourth-order valence-corrected chi connectivity index (χ4v) is 7.03. The number of piperidine rings is 1. The molecule has 5 rings (SSSR count). The molecule has 0 spiro atoms. The van der Waals surface area contributed by atoms with Crippen molar-refractivity contribution in [2.45, 2.75) is 54.7 Å². The predicted octanol–water partition coefficient (Wildman–Crippen LogP) is 3.65. The van der Waals surface area contributed by atoms with Gasteiger partial charge in [0, 0.05) is 31.6 Å². The molecule has 3 aromatic rings. The third-order valence-electron chi connectivity index (χ3n) is 7.61. The van der Waals surface area contributed by atoms with Crippen LogP contribution in [0.5, 0.6) is 11.5 Å². The zero-order valence-electron chi connectivity index (χ0n) is 23.4. The number of hydroxylamine groups is 1. The molecule has 0 atom stereocenters. The number of hydrogen-bond donors (Lipinski definition) is 2. The average Bonchev–Trinajstić information content (AvgIpc) is 3.68. The standard InChI is InChI=1S/C27H31F3N6O6S.ClH/c28-27(29,30)42-22-6-4-20(5-7-22)24-31-34-36(32-24)14-1-17-41-21-8-10-23(11-9-21)43(39,40)26(25(37)33-38)12-15-35(16-13-26)18-19-2-3-19;/h4-11,19,38H,1-3,12-18H2,(H,33,37);1H. The Morgan fingerprint density at radius 3 is 2.27 bits per heavy atom. The molecule has 12 nitrogen and oxygen atoms in total. The number of nitrogens with zero attached hydrogens (tertiary/aromatic N) is 5. The number of ether oxygens (including phenoxy) is 2. The Labute approximate surface area is 257 Å². The fraction of sp³-hybridized carbons (Fsp3) is 0.481. The molecule has 1 aromatic heterocycles. The number of aryl methyl sites for hydroxylation is 1. The number of carbonyl (C=O) groups excluding carboxylic acids is 1. The number of hydrogen-bond acceptors (Lipinski definition) is 10. The topological polar surface area (TPSA) is 149 Å². The summed E-state index contributed by atoms with van der Waals surface area (Å²) in [5.41, 5.74) is 2.05. The van der Waals surface area contributed by atoms with Crippen molar-refractivity contribution >= 4 is 28.2 Å². The zero-order valence-corrected chi connectivity index (χ0v) is 25.1.